The zero-order valence-corrected chi connectivity index (χ0v) is 14.1. The van der Waals surface area contributed by atoms with Gasteiger partial charge in [-0.05, 0) is 29.8 Å². The van der Waals surface area contributed by atoms with E-state index >= 15 is 0 Å². The molecule has 3 nitrogen and oxygen atoms in total. The first-order chi connectivity index (χ1) is 12.8. The minimum absolute atomic E-state index is 0.212. The van der Waals surface area contributed by atoms with E-state index in [1.165, 1.54) is 0 Å². The van der Waals surface area contributed by atoms with Gasteiger partial charge in [0.2, 0.25) is 0 Å². The normalized spacial score (nSPS) is 9.50. The van der Waals surface area contributed by atoms with E-state index in [9.17, 15) is 10.1 Å². The Bertz CT molecular complexity index is 1020. The second-order valence-corrected chi connectivity index (χ2v) is 5.55. The molecule has 1 amide bonds. The van der Waals surface area contributed by atoms with Gasteiger partial charge in [-0.3, -0.25) is 4.79 Å². The number of carbonyl (C=O) groups is 1. The van der Waals surface area contributed by atoms with Gasteiger partial charge in [-0.15, -0.1) is 0 Å². The molecule has 0 bridgehead atoms. The third kappa shape index (κ3) is 3.98. The molecule has 3 aromatic rings. The lowest BCUT2D eigenvalue weighted by atomic mass is 9.95. The van der Waals surface area contributed by atoms with Gasteiger partial charge >= 0.3 is 0 Å². The number of nitrogens with one attached hydrogen (secondary N) is 1. The van der Waals surface area contributed by atoms with Gasteiger partial charge in [0.05, 0.1) is 18.2 Å². The summed E-state index contributed by atoms with van der Waals surface area (Å²) < 4.78 is 0. The lowest BCUT2D eigenvalue weighted by Gasteiger charge is -2.10. The van der Waals surface area contributed by atoms with Crippen LogP contribution in [0.5, 0.6) is 0 Å². The zero-order valence-electron chi connectivity index (χ0n) is 14.1. The van der Waals surface area contributed by atoms with Gasteiger partial charge in [0, 0.05) is 16.7 Å². The van der Waals surface area contributed by atoms with E-state index in [-0.39, 0.29) is 12.5 Å². The SMILES string of the molecule is N#Cc1ccccc1-c1ccccc1C(=O)NCC#Cc1ccccc1. The molecular weight excluding hydrogens is 320 g/mol. The first-order valence-electron chi connectivity index (χ1n) is 8.20. The van der Waals surface area contributed by atoms with Crippen molar-refractivity contribution in [1.29, 1.82) is 5.26 Å². The summed E-state index contributed by atoms with van der Waals surface area (Å²) in [7, 11) is 0. The lowest BCUT2D eigenvalue weighted by molar-refractivity contribution is 0.0959. The largest absolute Gasteiger partial charge is 0.341 e. The highest BCUT2D eigenvalue weighted by Crippen LogP contribution is 2.26. The maximum Gasteiger partial charge on any atom is 0.252 e. The van der Waals surface area contributed by atoms with Crippen LogP contribution in [0.3, 0.4) is 0 Å². The molecule has 3 heteroatoms. The van der Waals surface area contributed by atoms with Gasteiger partial charge in [0.25, 0.3) is 5.91 Å². The Balaban J connectivity index is 1.79. The number of nitrogens with zero attached hydrogens (tertiary/aromatic N) is 1. The topological polar surface area (TPSA) is 52.9 Å². The Morgan fingerprint density at radius 1 is 0.846 bits per heavy atom. The molecule has 0 heterocycles. The van der Waals surface area contributed by atoms with E-state index in [2.05, 4.69) is 23.2 Å². The molecule has 0 aliphatic rings. The summed E-state index contributed by atoms with van der Waals surface area (Å²) >= 11 is 0. The Labute approximate surface area is 152 Å². The maximum atomic E-state index is 12.6. The van der Waals surface area contributed by atoms with Gasteiger partial charge in [0.15, 0.2) is 0 Å². The minimum Gasteiger partial charge on any atom is -0.341 e. The average Bonchev–Trinajstić information content (AvgIpc) is 2.72. The van der Waals surface area contributed by atoms with Crippen LogP contribution in [0.25, 0.3) is 11.1 Å². The summed E-state index contributed by atoms with van der Waals surface area (Å²) in [6.07, 6.45) is 0. The first kappa shape index (κ1) is 17.0. The van der Waals surface area contributed by atoms with Gasteiger partial charge < -0.3 is 5.32 Å². The van der Waals surface area contributed by atoms with Crippen molar-refractivity contribution in [2.75, 3.05) is 6.54 Å². The lowest BCUT2D eigenvalue weighted by Crippen LogP contribution is -2.24. The van der Waals surface area contributed by atoms with E-state index < -0.39 is 0 Å². The van der Waals surface area contributed by atoms with Crippen LogP contribution in [-0.2, 0) is 0 Å². The van der Waals surface area contributed by atoms with Crippen LogP contribution in [0.4, 0.5) is 0 Å². The third-order valence-corrected chi connectivity index (χ3v) is 3.85. The molecule has 1 N–H and O–H groups in total. The molecule has 3 rings (SSSR count). The van der Waals surface area contributed by atoms with Crippen molar-refractivity contribution >= 4 is 5.91 Å². The van der Waals surface area contributed by atoms with Crippen molar-refractivity contribution < 1.29 is 4.79 Å². The van der Waals surface area contributed by atoms with E-state index in [1.54, 1.807) is 12.1 Å². The van der Waals surface area contributed by atoms with E-state index in [0.717, 1.165) is 16.7 Å². The second-order valence-electron chi connectivity index (χ2n) is 5.55. The fraction of sp³-hybridized carbons (Fsp3) is 0.0435. The number of hydrogen-bond acceptors (Lipinski definition) is 2. The second kappa shape index (κ2) is 8.33. The Kier molecular flexibility index (Phi) is 5.45. The fourth-order valence-corrected chi connectivity index (χ4v) is 2.62. The molecule has 3 aromatic carbocycles. The van der Waals surface area contributed by atoms with E-state index in [1.807, 2.05) is 66.7 Å². The number of amides is 1. The van der Waals surface area contributed by atoms with Crippen molar-refractivity contribution in [3.05, 3.63) is 95.6 Å². The summed E-state index contributed by atoms with van der Waals surface area (Å²) in [5, 5.41) is 12.1. The summed E-state index contributed by atoms with van der Waals surface area (Å²) in [5.41, 5.74) is 3.45. The Hall–Kier alpha value is -3.82. The standard InChI is InChI=1S/C23H16N2O/c24-17-19-12-4-5-13-20(19)21-14-6-7-15-22(21)23(26)25-16-8-11-18-9-2-1-3-10-18/h1-7,9-10,12-15H,16H2,(H,25,26). The molecule has 0 aliphatic heterocycles. The molecule has 0 fully saturated rings. The fourth-order valence-electron chi connectivity index (χ4n) is 2.62. The van der Waals surface area contributed by atoms with Crippen LogP contribution < -0.4 is 5.32 Å². The van der Waals surface area contributed by atoms with Crippen molar-refractivity contribution in [2.45, 2.75) is 0 Å². The van der Waals surface area contributed by atoms with Crippen LogP contribution in [0.1, 0.15) is 21.5 Å². The molecule has 26 heavy (non-hydrogen) atoms. The highest BCUT2D eigenvalue weighted by atomic mass is 16.1. The van der Waals surface area contributed by atoms with Crippen LogP contribution in [-0.4, -0.2) is 12.5 Å². The first-order valence-corrected chi connectivity index (χ1v) is 8.20. The molecule has 0 aliphatic carbocycles. The molecule has 0 unspecified atom stereocenters. The Morgan fingerprint density at radius 2 is 1.50 bits per heavy atom. The van der Waals surface area contributed by atoms with Gasteiger partial charge in [-0.1, -0.05) is 66.4 Å². The highest BCUT2D eigenvalue weighted by molar-refractivity contribution is 6.01. The summed E-state index contributed by atoms with van der Waals surface area (Å²) in [6, 6.07) is 26.3. The Morgan fingerprint density at radius 3 is 2.27 bits per heavy atom. The quantitative estimate of drug-likeness (QED) is 0.735. The zero-order chi connectivity index (χ0) is 18.2. The molecule has 0 saturated heterocycles. The molecule has 0 atom stereocenters. The van der Waals surface area contributed by atoms with Gasteiger partial charge in [-0.2, -0.15) is 5.26 Å². The monoisotopic (exact) mass is 336 g/mol. The van der Waals surface area contributed by atoms with E-state index in [4.69, 9.17) is 0 Å². The number of rotatable bonds is 3. The highest BCUT2D eigenvalue weighted by Gasteiger charge is 2.13. The minimum atomic E-state index is -0.212. The number of benzene rings is 3. The predicted octanol–water partition coefficient (Wildman–Crippen LogP) is 4.01. The van der Waals surface area contributed by atoms with Crippen LogP contribution in [0.15, 0.2) is 78.9 Å². The number of carbonyl (C=O) groups excluding carboxylic acids is 1. The molecule has 0 saturated carbocycles. The average molecular weight is 336 g/mol. The summed E-state index contributed by atoms with van der Waals surface area (Å²) in [5.74, 6) is 5.75. The van der Waals surface area contributed by atoms with Crippen molar-refractivity contribution in [1.82, 2.24) is 5.32 Å². The molecule has 124 valence electrons. The molecular formula is C23H16N2O. The molecule has 0 spiro atoms. The van der Waals surface area contributed by atoms with Crippen molar-refractivity contribution in [2.24, 2.45) is 0 Å². The predicted molar refractivity (Wildman–Crippen MR) is 102 cm³/mol. The maximum absolute atomic E-state index is 12.6. The van der Waals surface area contributed by atoms with Gasteiger partial charge in [-0.25, -0.2) is 0 Å². The van der Waals surface area contributed by atoms with Crippen LogP contribution >= 0.6 is 0 Å². The van der Waals surface area contributed by atoms with E-state index in [0.29, 0.717) is 11.1 Å². The summed E-state index contributed by atoms with van der Waals surface area (Å²) in [6.45, 7) is 0.252. The van der Waals surface area contributed by atoms with Crippen LogP contribution in [0, 0.1) is 23.2 Å². The molecule has 0 radical (unpaired) electrons. The smallest absolute Gasteiger partial charge is 0.252 e. The van der Waals surface area contributed by atoms with Crippen LogP contribution in [0.2, 0.25) is 0 Å². The number of hydrogen-bond donors (Lipinski definition) is 1. The summed E-state index contributed by atoms with van der Waals surface area (Å²) in [4.78, 5) is 12.6. The van der Waals surface area contributed by atoms with Crippen molar-refractivity contribution in [3.63, 3.8) is 0 Å². The number of nitriles is 1. The molecule has 0 aromatic heterocycles. The van der Waals surface area contributed by atoms with Crippen molar-refractivity contribution in [3.8, 4) is 29.0 Å². The third-order valence-electron chi connectivity index (χ3n) is 3.85. The van der Waals surface area contributed by atoms with Gasteiger partial charge in [0.1, 0.15) is 0 Å².